The van der Waals surface area contributed by atoms with Crippen LogP contribution in [0.25, 0.3) is 0 Å². The number of carbonyl (C=O) groups excluding carboxylic acids is 1. The van der Waals surface area contributed by atoms with E-state index in [1.54, 1.807) is 0 Å². The molecule has 0 radical (unpaired) electrons. The van der Waals surface area contributed by atoms with Crippen LogP contribution >= 0.6 is 15.9 Å². The number of ketones is 1. The van der Waals surface area contributed by atoms with Crippen LogP contribution in [0.15, 0.2) is 0 Å². The van der Waals surface area contributed by atoms with Gasteiger partial charge in [0.2, 0.25) is 10.0 Å². The minimum absolute atomic E-state index is 0.0332. The van der Waals surface area contributed by atoms with Crippen LogP contribution in [-0.4, -0.2) is 31.8 Å². The fourth-order valence-corrected chi connectivity index (χ4v) is 6.37. The van der Waals surface area contributed by atoms with E-state index in [-0.39, 0.29) is 22.3 Å². The summed E-state index contributed by atoms with van der Waals surface area (Å²) in [6, 6.07) is 0. The van der Waals surface area contributed by atoms with Gasteiger partial charge in [0.15, 0.2) is 5.78 Å². The Morgan fingerprint density at radius 3 is 2.47 bits per heavy atom. The molecule has 1 N–H and O–H groups in total. The summed E-state index contributed by atoms with van der Waals surface area (Å²) in [4.78, 5) is 12.0. The molecule has 4 nitrogen and oxygen atoms in total. The molecule has 0 aromatic heterocycles. The van der Waals surface area contributed by atoms with Crippen molar-refractivity contribution in [2.75, 3.05) is 12.8 Å². The molecule has 0 aliphatic heterocycles. The van der Waals surface area contributed by atoms with Crippen molar-refractivity contribution in [1.29, 1.82) is 0 Å². The first-order valence-electron chi connectivity index (χ1n) is 5.77. The number of sulfonamides is 1. The van der Waals surface area contributed by atoms with Gasteiger partial charge in [0.1, 0.15) is 0 Å². The zero-order chi connectivity index (χ0) is 13.1. The Kier molecular flexibility index (Phi) is 3.00. The molecular formula is C11H18BrNO3S. The highest BCUT2D eigenvalue weighted by Crippen LogP contribution is 2.65. The SMILES string of the molecule is CNS(=O)(=O)C[C@]1(C)[C@@H]2CC[C@@]1(C)C(=O)[C@H]2Br. The maximum absolute atomic E-state index is 12.2. The molecule has 0 saturated heterocycles. The fraction of sp³-hybridized carbons (Fsp3) is 0.909. The van der Waals surface area contributed by atoms with Gasteiger partial charge in [-0.25, -0.2) is 13.1 Å². The Balaban J connectivity index is 2.42. The van der Waals surface area contributed by atoms with Crippen LogP contribution in [-0.2, 0) is 14.8 Å². The molecule has 2 fully saturated rings. The van der Waals surface area contributed by atoms with Crippen molar-refractivity contribution in [3.63, 3.8) is 0 Å². The van der Waals surface area contributed by atoms with E-state index in [9.17, 15) is 13.2 Å². The molecule has 2 rings (SSSR count). The minimum Gasteiger partial charge on any atom is -0.298 e. The van der Waals surface area contributed by atoms with Crippen molar-refractivity contribution in [3.05, 3.63) is 0 Å². The van der Waals surface area contributed by atoms with Crippen LogP contribution in [0, 0.1) is 16.7 Å². The zero-order valence-corrected chi connectivity index (χ0v) is 12.7. The van der Waals surface area contributed by atoms with E-state index in [1.807, 2.05) is 13.8 Å². The fourth-order valence-electron chi connectivity index (χ4n) is 3.55. The van der Waals surface area contributed by atoms with Gasteiger partial charge in [-0.1, -0.05) is 29.8 Å². The number of halogens is 1. The standard InChI is InChI=1S/C11H18BrNO3S/c1-10-5-4-7(8(12)9(10)14)11(10,2)6-17(15,16)13-3/h7-8,13H,4-6H2,1-3H3/t7-,8+,10+,11-/m1/s1. The summed E-state index contributed by atoms with van der Waals surface area (Å²) in [5.41, 5.74) is -0.962. The highest BCUT2D eigenvalue weighted by molar-refractivity contribution is 9.10. The molecule has 0 amide bonds. The van der Waals surface area contributed by atoms with Crippen LogP contribution in [0.1, 0.15) is 26.7 Å². The van der Waals surface area contributed by atoms with E-state index in [0.29, 0.717) is 0 Å². The molecule has 17 heavy (non-hydrogen) atoms. The lowest BCUT2D eigenvalue weighted by Gasteiger charge is -2.35. The van der Waals surface area contributed by atoms with Crippen molar-refractivity contribution in [3.8, 4) is 0 Å². The Hall–Kier alpha value is 0.0600. The maximum atomic E-state index is 12.2. The van der Waals surface area contributed by atoms with Crippen LogP contribution in [0.5, 0.6) is 0 Å². The number of alkyl halides is 1. The molecule has 2 saturated carbocycles. The number of fused-ring (bicyclic) bond motifs is 2. The third-order valence-electron chi connectivity index (χ3n) is 4.98. The molecule has 0 heterocycles. The predicted octanol–water partition coefficient (Wildman–Crippen LogP) is 1.30. The van der Waals surface area contributed by atoms with Crippen molar-refractivity contribution >= 4 is 31.7 Å². The van der Waals surface area contributed by atoms with Gasteiger partial charge in [-0.15, -0.1) is 0 Å². The summed E-state index contributed by atoms with van der Waals surface area (Å²) in [6.07, 6.45) is 1.72. The molecule has 4 atom stereocenters. The molecule has 2 bridgehead atoms. The van der Waals surface area contributed by atoms with Gasteiger partial charge in [0.25, 0.3) is 0 Å². The third kappa shape index (κ3) is 1.64. The van der Waals surface area contributed by atoms with Gasteiger partial charge in [-0.2, -0.15) is 0 Å². The highest BCUT2D eigenvalue weighted by atomic mass is 79.9. The zero-order valence-electron chi connectivity index (χ0n) is 10.3. The predicted molar refractivity (Wildman–Crippen MR) is 69.5 cm³/mol. The van der Waals surface area contributed by atoms with Crippen molar-refractivity contribution in [2.45, 2.75) is 31.5 Å². The summed E-state index contributed by atoms with van der Waals surface area (Å²) in [5, 5.41) is 0. The molecule has 2 aliphatic carbocycles. The summed E-state index contributed by atoms with van der Waals surface area (Å²) in [7, 11) is -1.87. The average Bonchev–Trinajstić information content (AvgIpc) is 2.55. The Morgan fingerprint density at radius 1 is 1.47 bits per heavy atom. The lowest BCUT2D eigenvalue weighted by molar-refractivity contribution is -0.127. The number of nitrogens with one attached hydrogen (secondary N) is 1. The van der Waals surface area contributed by atoms with Gasteiger partial charge < -0.3 is 0 Å². The van der Waals surface area contributed by atoms with E-state index in [4.69, 9.17) is 0 Å². The highest BCUT2D eigenvalue weighted by Gasteiger charge is 2.68. The van der Waals surface area contributed by atoms with E-state index >= 15 is 0 Å². The summed E-state index contributed by atoms with van der Waals surface area (Å²) >= 11 is 3.44. The second-order valence-electron chi connectivity index (χ2n) is 5.62. The van der Waals surface area contributed by atoms with E-state index in [2.05, 4.69) is 20.7 Å². The van der Waals surface area contributed by atoms with Gasteiger partial charge in [-0.3, -0.25) is 4.79 Å². The van der Waals surface area contributed by atoms with Crippen LogP contribution in [0.2, 0.25) is 0 Å². The van der Waals surface area contributed by atoms with Gasteiger partial charge in [0.05, 0.1) is 10.6 Å². The number of carbonyl (C=O) groups is 1. The Labute approximate surface area is 111 Å². The minimum atomic E-state index is -3.30. The van der Waals surface area contributed by atoms with Crippen LogP contribution in [0.3, 0.4) is 0 Å². The van der Waals surface area contributed by atoms with E-state index in [1.165, 1.54) is 7.05 Å². The summed E-state index contributed by atoms with van der Waals surface area (Å²) in [5.74, 6) is 0.330. The normalized spacial score (nSPS) is 45.5. The van der Waals surface area contributed by atoms with Gasteiger partial charge >= 0.3 is 0 Å². The first-order valence-corrected chi connectivity index (χ1v) is 8.34. The van der Waals surface area contributed by atoms with Crippen LogP contribution < -0.4 is 4.72 Å². The monoisotopic (exact) mass is 323 g/mol. The largest absolute Gasteiger partial charge is 0.298 e. The molecule has 0 aromatic carbocycles. The molecule has 0 spiro atoms. The first-order chi connectivity index (χ1) is 7.68. The summed E-state index contributed by atoms with van der Waals surface area (Å²) < 4.78 is 25.9. The molecule has 98 valence electrons. The Morgan fingerprint density at radius 2 is 2.06 bits per heavy atom. The Bertz CT molecular complexity index is 463. The van der Waals surface area contributed by atoms with Gasteiger partial charge in [-0.05, 0) is 31.2 Å². The van der Waals surface area contributed by atoms with Crippen molar-refractivity contribution in [2.24, 2.45) is 16.7 Å². The second-order valence-corrected chi connectivity index (χ2v) is 8.54. The lowest BCUT2D eigenvalue weighted by Crippen LogP contribution is -2.42. The molecular weight excluding hydrogens is 306 g/mol. The lowest BCUT2D eigenvalue weighted by atomic mass is 9.70. The number of rotatable bonds is 3. The van der Waals surface area contributed by atoms with E-state index < -0.39 is 20.9 Å². The number of hydrogen-bond acceptors (Lipinski definition) is 3. The molecule has 0 aromatic rings. The first kappa shape index (κ1) is 13.5. The third-order valence-corrected chi connectivity index (χ3v) is 7.64. The van der Waals surface area contributed by atoms with Crippen molar-refractivity contribution in [1.82, 2.24) is 4.72 Å². The second kappa shape index (κ2) is 3.78. The van der Waals surface area contributed by atoms with E-state index in [0.717, 1.165) is 12.8 Å². The maximum Gasteiger partial charge on any atom is 0.211 e. The molecule has 6 heteroatoms. The summed E-state index contributed by atoms with van der Waals surface area (Å²) in [6.45, 7) is 3.86. The smallest absolute Gasteiger partial charge is 0.211 e. The van der Waals surface area contributed by atoms with Crippen LogP contribution in [0.4, 0.5) is 0 Å². The van der Waals surface area contributed by atoms with Gasteiger partial charge in [0, 0.05) is 5.41 Å². The number of hydrogen-bond donors (Lipinski definition) is 1. The topological polar surface area (TPSA) is 63.2 Å². The average molecular weight is 324 g/mol. The molecule has 0 unspecified atom stereocenters. The molecule has 2 aliphatic rings. The number of Topliss-reactive ketones (excluding diaryl/α,β-unsaturated/α-hetero) is 1. The quantitative estimate of drug-likeness (QED) is 0.796. The van der Waals surface area contributed by atoms with Crippen molar-refractivity contribution < 1.29 is 13.2 Å².